The summed E-state index contributed by atoms with van der Waals surface area (Å²) in [4.78, 5) is 13.3. The van der Waals surface area contributed by atoms with Gasteiger partial charge < -0.3 is 18.3 Å². The minimum Gasteiger partial charge on any atom is -0.455 e. The predicted molar refractivity (Wildman–Crippen MR) is 265 cm³/mol. The Bertz CT molecular complexity index is 2140. The number of carbonyl (C=O) groups is 1. The molecule has 0 spiro atoms. The smallest absolute Gasteiger partial charge is 0.303 e. The van der Waals surface area contributed by atoms with Crippen molar-refractivity contribution in [3.8, 4) is 0 Å². The molecule has 2 fully saturated rings. The minimum absolute atomic E-state index is 0.0671. The zero-order valence-corrected chi connectivity index (χ0v) is 41.5. The summed E-state index contributed by atoms with van der Waals surface area (Å²) in [6.07, 6.45) is 8.28. The molecule has 0 saturated carbocycles. The molecule has 334 valence electrons. The van der Waals surface area contributed by atoms with Gasteiger partial charge in [-0.05, 0) is 80.0 Å². The molecule has 4 aromatic carbocycles. The standard InChI is InChI=1S/C56H72O5Si2/c1-12-43-39-42(27-26-38-58-62(53(4,5)6,44-28-18-14-19-29-44)45-30-20-15-21-31-45)36-37-48(43)51(59-41(3)57)56-40-49(52(60-56)55(10,11)50(56)13-2)61-63(54(7,8)9,46-32-22-16-23-33-46)47-34-24-17-25-35-47/h12-25,28-35,42,49-52H,1-2,26-27,36-40H2,3-11H3/t42?,49-,50-,51-,52-,56-/m0/s1. The van der Waals surface area contributed by atoms with E-state index < -0.39 is 28.3 Å². The maximum Gasteiger partial charge on any atom is 0.303 e. The van der Waals surface area contributed by atoms with E-state index in [0.29, 0.717) is 18.9 Å². The van der Waals surface area contributed by atoms with Crippen molar-refractivity contribution in [3.05, 3.63) is 158 Å². The number of allylic oxidation sites excluding steroid dienone is 2. The van der Waals surface area contributed by atoms with Gasteiger partial charge in [0.05, 0.1) is 12.2 Å². The van der Waals surface area contributed by atoms with Crippen molar-refractivity contribution in [1.29, 1.82) is 0 Å². The summed E-state index contributed by atoms with van der Waals surface area (Å²) in [5, 5.41) is 4.82. The fourth-order valence-corrected chi connectivity index (χ4v) is 21.4. The van der Waals surface area contributed by atoms with E-state index >= 15 is 0 Å². The first-order valence-electron chi connectivity index (χ1n) is 23.3. The Kier molecular flexibility index (Phi) is 13.7. The van der Waals surface area contributed by atoms with Gasteiger partial charge in [-0.1, -0.05) is 195 Å². The van der Waals surface area contributed by atoms with E-state index in [9.17, 15) is 4.79 Å². The van der Waals surface area contributed by atoms with Gasteiger partial charge in [0, 0.05) is 31.3 Å². The summed E-state index contributed by atoms with van der Waals surface area (Å²) >= 11 is 0. The van der Waals surface area contributed by atoms with E-state index in [-0.39, 0.29) is 39.6 Å². The van der Waals surface area contributed by atoms with Crippen molar-refractivity contribution in [3.63, 3.8) is 0 Å². The van der Waals surface area contributed by atoms with Crippen LogP contribution in [0.3, 0.4) is 0 Å². The molecule has 2 saturated heterocycles. The lowest BCUT2D eigenvalue weighted by molar-refractivity contribution is -0.161. The highest BCUT2D eigenvalue weighted by atomic mass is 28.4. The fourth-order valence-electron chi connectivity index (χ4n) is 12.1. The highest BCUT2D eigenvalue weighted by molar-refractivity contribution is 7.00. The van der Waals surface area contributed by atoms with Gasteiger partial charge in [-0.2, -0.15) is 0 Å². The molecule has 0 N–H and O–H groups in total. The van der Waals surface area contributed by atoms with Gasteiger partial charge in [-0.25, -0.2) is 0 Å². The number of hydrogen-bond donors (Lipinski definition) is 0. The lowest BCUT2D eigenvalue weighted by Crippen LogP contribution is -2.69. The Morgan fingerprint density at radius 3 is 1.68 bits per heavy atom. The first kappa shape index (κ1) is 46.9. The minimum atomic E-state index is -2.94. The summed E-state index contributed by atoms with van der Waals surface area (Å²) in [7, 11) is -5.56. The summed E-state index contributed by atoms with van der Waals surface area (Å²) in [6.45, 7) is 29.6. The Balaban J connectivity index is 1.17. The second kappa shape index (κ2) is 18.4. The van der Waals surface area contributed by atoms with E-state index in [4.69, 9.17) is 18.3 Å². The molecule has 7 heteroatoms. The van der Waals surface area contributed by atoms with E-state index in [0.717, 1.165) is 37.7 Å². The van der Waals surface area contributed by atoms with Crippen LogP contribution in [0.2, 0.25) is 10.1 Å². The molecule has 2 bridgehead atoms. The first-order chi connectivity index (χ1) is 30.0. The third kappa shape index (κ3) is 8.49. The van der Waals surface area contributed by atoms with Gasteiger partial charge in [0.2, 0.25) is 0 Å². The maximum atomic E-state index is 13.3. The van der Waals surface area contributed by atoms with Gasteiger partial charge in [0.1, 0.15) is 5.60 Å². The van der Waals surface area contributed by atoms with Gasteiger partial charge >= 0.3 is 5.97 Å². The Morgan fingerprint density at radius 1 is 0.778 bits per heavy atom. The van der Waals surface area contributed by atoms with Crippen LogP contribution in [0.25, 0.3) is 0 Å². The number of carbonyl (C=O) groups excluding carboxylic acids is 1. The Hall–Kier alpha value is -4.12. The maximum absolute atomic E-state index is 13.3. The van der Waals surface area contributed by atoms with Crippen LogP contribution in [0.4, 0.5) is 0 Å². The molecule has 0 aromatic heterocycles. The van der Waals surface area contributed by atoms with Crippen LogP contribution < -0.4 is 20.7 Å². The molecule has 7 rings (SSSR count). The molecular weight excluding hydrogens is 809 g/mol. The van der Waals surface area contributed by atoms with Crippen LogP contribution in [0.1, 0.15) is 101 Å². The van der Waals surface area contributed by atoms with Gasteiger partial charge in [-0.3, -0.25) is 4.79 Å². The lowest BCUT2D eigenvalue weighted by atomic mass is 9.59. The molecule has 1 aliphatic carbocycles. The topological polar surface area (TPSA) is 54.0 Å². The molecule has 5 nitrogen and oxygen atoms in total. The average molecular weight is 881 g/mol. The third-order valence-corrected chi connectivity index (χ3v) is 24.9. The van der Waals surface area contributed by atoms with Crippen LogP contribution in [-0.2, 0) is 23.1 Å². The SMILES string of the molecule is C=CC1=C([C@H](OC(C)=O)[C@@]23C[C@H](O[Si](c4ccccc4)(c4ccccc4)C(C)(C)C)[C@H](O2)C(C)(C)[C@@H]3C=C)CCC(CCCO[Si](c2ccccc2)(c2ccccc2)C(C)(C)C)C1. The quantitative estimate of drug-likeness (QED) is 0.0486. The van der Waals surface area contributed by atoms with E-state index in [2.05, 4.69) is 196 Å². The highest BCUT2D eigenvalue weighted by Gasteiger charge is 2.71. The number of esters is 1. The van der Waals surface area contributed by atoms with Crippen molar-refractivity contribution >= 4 is 43.4 Å². The second-order valence-electron chi connectivity index (χ2n) is 21.1. The Labute approximate surface area is 381 Å². The van der Waals surface area contributed by atoms with Crippen molar-refractivity contribution in [1.82, 2.24) is 0 Å². The highest BCUT2D eigenvalue weighted by Crippen LogP contribution is 2.63. The van der Waals surface area contributed by atoms with Crippen LogP contribution in [0.15, 0.2) is 158 Å². The molecule has 4 aromatic rings. The number of ether oxygens (including phenoxy) is 2. The van der Waals surface area contributed by atoms with Crippen molar-refractivity contribution in [2.45, 2.75) is 135 Å². The van der Waals surface area contributed by atoms with Crippen LogP contribution in [0, 0.1) is 17.3 Å². The molecule has 6 atom stereocenters. The van der Waals surface area contributed by atoms with E-state index in [1.54, 1.807) is 0 Å². The van der Waals surface area contributed by atoms with Gasteiger partial charge in [0.25, 0.3) is 16.6 Å². The number of fused-ring (bicyclic) bond motifs is 2. The van der Waals surface area contributed by atoms with Crippen LogP contribution in [-0.4, -0.2) is 53.1 Å². The first-order valence-corrected chi connectivity index (χ1v) is 27.1. The average Bonchev–Trinajstić information content (AvgIpc) is 3.75. The largest absolute Gasteiger partial charge is 0.455 e. The monoisotopic (exact) mass is 880 g/mol. The van der Waals surface area contributed by atoms with Gasteiger partial charge in [-0.15, -0.1) is 6.58 Å². The third-order valence-electron chi connectivity index (χ3n) is 14.8. The van der Waals surface area contributed by atoms with Gasteiger partial charge in [0.15, 0.2) is 6.10 Å². The molecule has 63 heavy (non-hydrogen) atoms. The van der Waals surface area contributed by atoms with Crippen LogP contribution >= 0.6 is 0 Å². The second-order valence-corrected chi connectivity index (χ2v) is 29.6. The normalized spacial score (nSPS) is 24.2. The molecular formula is C56H72O5Si2. The predicted octanol–water partition coefficient (Wildman–Crippen LogP) is 10.9. The molecule has 3 aliphatic rings. The zero-order chi connectivity index (χ0) is 45.3. The molecule has 1 unspecified atom stereocenters. The Morgan fingerprint density at radius 2 is 1.25 bits per heavy atom. The molecule has 2 heterocycles. The summed E-state index contributed by atoms with van der Waals surface area (Å²) < 4.78 is 29.2. The zero-order valence-electron chi connectivity index (χ0n) is 39.5. The summed E-state index contributed by atoms with van der Waals surface area (Å²) in [5.74, 6) is 0.0730. The van der Waals surface area contributed by atoms with E-state index in [1.165, 1.54) is 33.2 Å². The van der Waals surface area contributed by atoms with E-state index in [1.807, 2.05) is 6.08 Å². The van der Waals surface area contributed by atoms with Crippen molar-refractivity contribution in [2.24, 2.45) is 17.3 Å². The van der Waals surface area contributed by atoms with Crippen molar-refractivity contribution < 1.29 is 23.1 Å². The fraction of sp³-hybridized carbons (Fsp3) is 0.446. The lowest BCUT2D eigenvalue weighted by Gasteiger charge is -2.50. The number of benzene rings is 4. The van der Waals surface area contributed by atoms with Crippen LogP contribution in [0.5, 0.6) is 0 Å². The molecule has 0 radical (unpaired) electrons. The molecule has 2 aliphatic heterocycles. The summed E-state index contributed by atoms with van der Waals surface area (Å²) in [5.41, 5.74) is 1.11. The van der Waals surface area contributed by atoms with Crippen molar-refractivity contribution in [2.75, 3.05) is 6.61 Å². The number of rotatable bonds is 16. The summed E-state index contributed by atoms with van der Waals surface area (Å²) in [6, 6.07) is 43.5. The molecule has 0 amide bonds. The number of hydrogen-bond acceptors (Lipinski definition) is 5.